The molecular weight excluding hydrogens is 432 g/mol. The Morgan fingerprint density at radius 1 is 0.361 bits per heavy atom. The van der Waals surface area contributed by atoms with Gasteiger partial charge >= 0.3 is 0 Å². The van der Waals surface area contributed by atoms with Crippen molar-refractivity contribution in [1.29, 1.82) is 0 Å². The van der Waals surface area contributed by atoms with Gasteiger partial charge in [0, 0.05) is 0 Å². The summed E-state index contributed by atoms with van der Waals surface area (Å²) in [6, 6.07) is 32.6. The van der Waals surface area contributed by atoms with Crippen LogP contribution in [0.15, 0.2) is 84.9 Å². The third kappa shape index (κ3) is 2.94. The molecule has 0 aliphatic heterocycles. The van der Waals surface area contributed by atoms with Crippen molar-refractivity contribution in [3.63, 3.8) is 0 Å². The summed E-state index contributed by atoms with van der Waals surface area (Å²) in [7, 11) is 0. The third-order valence-corrected chi connectivity index (χ3v) is 8.23. The summed E-state index contributed by atoms with van der Waals surface area (Å²) >= 11 is 0. The van der Waals surface area contributed by atoms with E-state index in [0.29, 0.717) is 0 Å². The van der Waals surface area contributed by atoms with Crippen molar-refractivity contribution in [3.8, 4) is 0 Å². The molecule has 176 valence electrons. The first-order valence-electron chi connectivity index (χ1n) is 13.1. The Labute approximate surface area is 212 Å². The predicted octanol–water partition coefficient (Wildman–Crippen LogP) is 10.6. The van der Waals surface area contributed by atoms with Gasteiger partial charge in [0.15, 0.2) is 0 Å². The van der Waals surface area contributed by atoms with Crippen LogP contribution in [-0.4, -0.2) is 0 Å². The number of hydrogen-bond donors (Lipinski definition) is 0. The standard InChI is InChI=1S/C36H32/c1-35(2,3)25-17-23-13-14-24-18-26(36(4,5)6)20-30-33(24)32(23)29(19-25)28-16-15-22-12-11-21-9-7-8-10-27(21)31(22)34(28)30/h7-20H,1-6H3. The highest BCUT2D eigenvalue weighted by Gasteiger charge is 2.23. The van der Waals surface area contributed by atoms with Crippen LogP contribution >= 0.6 is 0 Å². The lowest BCUT2D eigenvalue weighted by atomic mass is 9.79. The van der Waals surface area contributed by atoms with Crippen LogP contribution < -0.4 is 0 Å². The number of rotatable bonds is 0. The maximum atomic E-state index is 2.49. The van der Waals surface area contributed by atoms with Crippen molar-refractivity contribution in [2.45, 2.75) is 52.4 Å². The molecule has 0 spiro atoms. The van der Waals surface area contributed by atoms with Gasteiger partial charge in [-0.1, -0.05) is 114 Å². The lowest BCUT2D eigenvalue weighted by Crippen LogP contribution is -2.12. The predicted molar refractivity (Wildman–Crippen MR) is 160 cm³/mol. The summed E-state index contributed by atoms with van der Waals surface area (Å²) in [4.78, 5) is 0. The second-order valence-electron chi connectivity index (χ2n) is 12.7. The average Bonchev–Trinajstić information content (AvgIpc) is 2.85. The first kappa shape index (κ1) is 21.6. The molecule has 0 saturated carbocycles. The molecule has 0 bridgehead atoms. The van der Waals surface area contributed by atoms with Gasteiger partial charge < -0.3 is 0 Å². The maximum absolute atomic E-state index is 2.49. The van der Waals surface area contributed by atoms with Gasteiger partial charge in [0.25, 0.3) is 0 Å². The van der Waals surface area contributed by atoms with Gasteiger partial charge in [-0.15, -0.1) is 0 Å². The molecule has 0 unspecified atom stereocenters. The van der Waals surface area contributed by atoms with E-state index in [1.54, 1.807) is 0 Å². The zero-order valence-corrected chi connectivity index (χ0v) is 22.1. The second kappa shape index (κ2) is 6.98. The minimum Gasteiger partial charge on any atom is -0.0616 e. The van der Waals surface area contributed by atoms with E-state index in [2.05, 4.69) is 126 Å². The highest BCUT2D eigenvalue weighted by atomic mass is 14.3. The van der Waals surface area contributed by atoms with E-state index >= 15 is 0 Å². The van der Waals surface area contributed by atoms with Crippen LogP contribution in [0.5, 0.6) is 0 Å². The average molecular weight is 465 g/mol. The number of benzene rings is 7. The number of fused-ring (bicyclic) bond motifs is 7. The zero-order chi connectivity index (χ0) is 25.0. The van der Waals surface area contributed by atoms with Crippen molar-refractivity contribution in [1.82, 2.24) is 0 Å². The zero-order valence-electron chi connectivity index (χ0n) is 22.1. The largest absolute Gasteiger partial charge is 0.0616 e. The van der Waals surface area contributed by atoms with Gasteiger partial charge in [0.1, 0.15) is 0 Å². The van der Waals surface area contributed by atoms with Crippen LogP contribution in [0.1, 0.15) is 52.7 Å². The molecule has 0 amide bonds. The molecule has 0 aliphatic carbocycles. The Bertz CT molecular complexity index is 1990. The summed E-state index contributed by atoms with van der Waals surface area (Å²) in [6.07, 6.45) is 0. The minimum absolute atomic E-state index is 0.0723. The Hall–Kier alpha value is -3.64. The van der Waals surface area contributed by atoms with Gasteiger partial charge in [0.05, 0.1) is 0 Å². The van der Waals surface area contributed by atoms with E-state index in [-0.39, 0.29) is 10.8 Å². The molecule has 7 aromatic rings. The summed E-state index contributed by atoms with van der Waals surface area (Å²) in [5.74, 6) is 0. The first-order valence-corrected chi connectivity index (χ1v) is 13.1. The summed E-state index contributed by atoms with van der Waals surface area (Å²) in [5, 5.41) is 16.3. The molecule has 0 aliphatic rings. The van der Waals surface area contributed by atoms with Gasteiger partial charge in [-0.25, -0.2) is 0 Å². The fourth-order valence-corrected chi connectivity index (χ4v) is 6.21. The fraction of sp³-hybridized carbons (Fsp3) is 0.222. The van der Waals surface area contributed by atoms with E-state index < -0.39 is 0 Å². The fourth-order valence-electron chi connectivity index (χ4n) is 6.21. The Morgan fingerprint density at radius 3 is 1.53 bits per heavy atom. The second-order valence-corrected chi connectivity index (χ2v) is 12.7. The Morgan fingerprint density at radius 2 is 0.861 bits per heavy atom. The Balaban J connectivity index is 1.86. The molecule has 36 heavy (non-hydrogen) atoms. The smallest absolute Gasteiger partial charge is 0.00138 e. The van der Waals surface area contributed by atoms with E-state index in [1.165, 1.54) is 75.8 Å². The molecule has 7 rings (SSSR count). The molecular formula is C36H32. The quantitative estimate of drug-likeness (QED) is 0.155. The first-order chi connectivity index (χ1) is 17.1. The van der Waals surface area contributed by atoms with Crippen LogP contribution in [0, 0.1) is 0 Å². The van der Waals surface area contributed by atoms with Crippen molar-refractivity contribution < 1.29 is 0 Å². The van der Waals surface area contributed by atoms with Gasteiger partial charge in [-0.05, 0) is 98.7 Å². The lowest BCUT2D eigenvalue weighted by Gasteiger charge is -2.25. The topological polar surface area (TPSA) is 0 Å². The molecule has 0 heteroatoms. The van der Waals surface area contributed by atoms with E-state index in [1.807, 2.05) is 0 Å². The SMILES string of the molecule is CC(C)(C)c1cc2ccc3cc(C(C)(C)C)cc4c3c2c(c1)c1ccc2ccc3ccccc3c2c14. The van der Waals surface area contributed by atoms with Crippen molar-refractivity contribution in [2.24, 2.45) is 0 Å². The van der Waals surface area contributed by atoms with Crippen LogP contribution in [0.25, 0.3) is 64.6 Å². The number of hydrogen-bond acceptors (Lipinski definition) is 0. The van der Waals surface area contributed by atoms with Crippen LogP contribution in [0.3, 0.4) is 0 Å². The van der Waals surface area contributed by atoms with Crippen molar-refractivity contribution in [2.75, 3.05) is 0 Å². The van der Waals surface area contributed by atoms with E-state index in [4.69, 9.17) is 0 Å². The molecule has 0 aromatic heterocycles. The minimum atomic E-state index is 0.0723. The highest BCUT2D eigenvalue weighted by Crippen LogP contribution is 2.47. The van der Waals surface area contributed by atoms with Gasteiger partial charge in [-0.2, -0.15) is 0 Å². The molecule has 7 aromatic carbocycles. The Kier molecular flexibility index (Phi) is 4.19. The van der Waals surface area contributed by atoms with Crippen LogP contribution in [0.2, 0.25) is 0 Å². The van der Waals surface area contributed by atoms with Crippen molar-refractivity contribution >= 4 is 64.6 Å². The highest BCUT2D eigenvalue weighted by molar-refractivity contribution is 6.39. The molecule has 0 atom stereocenters. The van der Waals surface area contributed by atoms with E-state index in [0.717, 1.165) is 0 Å². The summed E-state index contributed by atoms with van der Waals surface area (Å²) < 4.78 is 0. The van der Waals surface area contributed by atoms with Crippen molar-refractivity contribution in [3.05, 3.63) is 96.1 Å². The monoisotopic (exact) mass is 464 g/mol. The lowest BCUT2D eigenvalue weighted by molar-refractivity contribution is 0.591. The van der Waals surface area contributed by atoms with Crippen LogP contribution in [-0.2, 0) is 10.8 Å². The molecule has 0 N–H and O–H groups in total. The summed E-state index contributed by atoms with van der Waals surface area (Å²) in [6.45, 7) is 13.9. The molecule has 0 nitrogen and oxygen atoms in total. The molecule has 0 fully saturated rings. The molecule has 0 radical (unpaired) electrons. The van der Waals surface area contributed by atoms with Crippen LogP contribution in [0.4, 0.5) is 0 Å². The van der Waals surface area contributed by atoms with Gasteiger partial charge in [0.2, 0.25) is 0 Å². The maximum Gasteiger partial charge on any atom is -0.00138 e. The van der Waals surface area contributed by atoms with Gasteiger partial charge in [-0.3, -0.25) is 0 Å². The normalized spacial score (nSPS) is 13.3. The third-order valence-electron chi connectivity index (χ3n) is 8.23. The summed E-state index contributed by atoms with van der Waals surface area (Å²) in [5.41, 5.74) is 2.94. The van der Waals surface area contributed by atoms with E-state index in [9.17, 15) is 0 Å². The molecule has 0 saturated heterocycles. The molecule has 0 heterocycles.